The van der Waals surface area contributed by atoms with Gasteiger partial charge in [0.05, 0.1) is 11.6 Å². The van der Waals surface area contributed by atoms with Gasteiger partial charge in [0.1, 0.15) is 5.82 Å². The minimum atomic E-state index is -0.202. The molecule has 0 spiro atoms. The summed E-state index contributed by atoms with van der Waals surface area (Å²) < 4.78 is 19.3. The first kappa shape index (κ1) is 16.4. The summed E-state index contributed by atoms with van der Waals surface area (Å²) in [6.45, 7) is 6.03. The zero-order valence-corrected chi connectivity index (χ0v) is 13.3. The first-order chi connectivity index (χ1) is 9.99. The number of ether oxygens (including phenoxy) is 1. The molecule has 3 atom stereocenters. The Labute approximate surface area is 127 Å². The van der Waals surface area contributed by atoms with Gasteiger partial charge in [0, 0.05) is 19.7 Å². The molecule has 1 fully saturated rings. The third kappa shape index (κ3) is 3.82. The molecule has 1 aliphatic heterocycles. The first-order valence-corrected chi connectivity index (χ1v) is 7.79. The first-order valence-electron chi connectivity index (χ1n) is 7.79. The van der Waals surface area contributed by atoms with Crippen molar-refractivity contribution < 1.29 is 9.13 Å². The highest BCUT2D eigenvalue weighted by molar-refractivity contribution is 5.22. The second-order valence-electron chi connectivity index (χ2n) is 6.30. The standard InChI is InChI=1S/C17H27FN2O/c1-4-15(19)16(13-7-5-8-14(18)11-13)20-10-6-9-17(2,12-20)21-3/h5,7-8,11,15-16H,4,6,9-10,12,19H2,1-3H3. The van der Waals surface area contributed by atoms with Gasteiger partial charge in [-0.1, -0.05) is 19.1 Å². The highest BCUT2D eigenvalue weighted by Crippen LogP contribution is 2.33. The van der Waals surface area contributed by atoms with Crippen molar-refractivity contribution in [2.24, 2.45) is 5.73 Å². The van der Waals surface area contributed by atoms with Gasteiger partial charge >= 0.3 is 0 Å². The zero-order valence-electron chi connectivity index (χ0n) is 13.3. The van der Waals surface area contributed by atoms with Crippen LogP contribution in [0.25, 0.3) is 0 Å². The van der Waals surface area contributed by atoms with Crippen molar-refractivity contribution in [3.63, 3.8) is 0 Å². The molecule has 1 aromatic carbocycles. The summed E-state index contributed by atoms with van der Waals surface area (Å²) in [6.07, 6.45) is 2.99. The van der Waals surface area contributed by atoms with Gasteiger partial charge in [-0.15, -0.1) is 0 Å². The van der Waals surface area contributed by atoms with E-state index in [0.29, 0.717) is 0 Å². The van der Waals surface area contributed by atoms with Crippen LogP contribution in [-0.4, -0.2) is 36.7 Å². The number of halogens is 1. The summed E-state index contributed by atoms with van der Waals surface area (Å²) in [7, 11) is 1.76. The number of rotatable bonds is 5. The Morgan fingerprint density at radius 1 is 1.48 bits per heavy atom. The van der Waals surface area contributed by atoms with Crippen LogP contribution in [-0.2, 0) is 4.74 Å². The fourth-order valence-electron chi connectivity index (χ4n) is 3.29. The van der Waals surface area contributed by atoms with Crippen LogP contribution in [0.3, 0.4) is 0 Å². The Balaban J connectivity index is 2.28. The minimum absolute atomic E-state index is 0.00833. The van der Waals surface area contributed by atoms with Gasteiger partial charge in [-0.3, -0.25) is 4.90 Å². The van der Waals surface area contributed by atoms with Crippen LogP contribution in [0.1, 0.15) is 44.7 Å². The van der Waals surface area contributed by atoms with E-state index in [1.165, 1.54) is 6.07 Å². The molecule has 2 rings (SSSR count). The number of benzene rings is 1. The molecule has 118 valence electrons. The number of piperidine rings is 1. The summed E-state index contributed by atoms with van der Waals surface area (Å²) in [4.78, 5) is 2.36. The smallest absolute Gasteiger partial charge is 0.123 e. The number of hydrogen-bond donors (Lipinski definition) is 1. The maximum Gasteiger partial charge on any atom is 0.123 e. The van der Waals surface area contributed by atoms with Crippen LogP contribution in [0.2, 0.25) is 0 Å². The summed E-state index contributed by atoms with van der Waals surface area (Å²) in [5.41, 5.74) is 7.18. The third-order valence-corrected chi connectivity index (χ3v) is 4.64. The second-order valence-corrected chi connectivity index (χ2v) is 6.30. The van der Waals surface area contributed by atoms with Crippen LogP contribution < -0.4 is 5.73 Å². The van der Waals surface area contributed by atoms with Gasteiger partial charge in [0.2, 0.25) is 0 Å². The van der Waals surface area contributed by atoms with Crippen molar-refractivity contribution in [2.75, 3.05) is 20.2 Å². The average Bonchev–Trinajstić information content (AvgIpc) is 2.47. The fraction of sp³-hybridized carbons (Fsp3) is 0.647. The highest BCUT2D eigenvalue weighted by atomic mass is 19.1. The number of nitrogens with two attached hydrogens (primary N) is 1. The molecular weight excluding hydrogens is 267 g/mol. The van der Waals surface area contributed by atoms with E-state index in [4.69, 9.17) is 10.5 Å². The lowest BCUT2D eigenvalue weighted by molar-refractivity contribution is -0.0644. The molecule has 21 heavy (non-hydrogen) atoms. The number of methoxy groups -OCH3 is 1. The van der Waals surface area contributed by atoms with Crippen molar-refractivity contribution in [3.05, 3.63) is 35.6 Å². The summed E-state index contributed by atoms with van der Waals surface area (Å²) in [5, 5.41) is 0. The largest absolute Gasteiger partial charge is 0.377 e. The van der Waals surface area contributed by atoms with Crippen molar-refractivity contribution in [1.29, 1.82) is 0 Å². The van der Waals surface area contributed by atoms with Gasteiger partial charge in [-0.2, -0.15) is 0 Å². The molecule has 3 nitrogen and oxygen atoms in total. The van der Waals surface area contributed by atoms with Gasteiger partial charge in [0.15, 0.2) is 0 Å². The molecule has 0 saturated carbocycles. The normalized spacial score (nSPS) is 26.5. The Bertz CT molecular complexity index is 468. The Kier molecular flexibility index (Phi) is 5.36. The molecule has 1 aromatic rings. The Morgan fingerprint density at radius 2 is 2.24 bits per heavy atom. The monoisotopic (exact) mass is 294 g/mol. The molecule has 1 heterocycles. The summed E-state index contributed by atoms with van der Waals surface area (Å²) in [6, 6.07) is 6.86. The fourth-order valence-corrected chi connectivity index (χ4v) is 3.29. The lowest BCUT2D eigenvalue weighted by atomic mass is 9.89. The number of nitrogens with zero attached hydrogens (tertiary/aromatic N) is 1. The Morgan fingerprint density at radius 3 is 2.86 bits per heavy atom. The SMILES string of the molecule is CCC(N)C(c1cccc(F)c1)N1CCCC(C)(OC)C1. The van der Waals surface area contributed by atoms with E-state index >= 15 is 0 Å². The van der Waals surface area contributed by atoms with E-state index in [1.54, 1.807) is 19.2 Å². The quantitative estimate of drug-likeness (QED) is 0.907. The summed E-state index contributed by atoms with van der Waals surface area (Å²) >= 11 is 0. The molecule has 1 saturated heterocycles. The lowest BCUT2D eigenvalue weighted by Gasteiger charge is -2.45. The minimum Gasteiger partial charge on any atom is -0.377 e. The molecule has 0 aromatic heterocycles. The van der Waals surface area contributed by atoms with Gasteiger partial charge in [0.25, 0.3) is 0 Å². The van der Waals surface area contributed by atoms with Crippen LogP contribution in [0, 0.1) is 5.82 Å². The highest BCUT2D eigenvalue weighted by Gasteiger charge is 2.36. The van der Waals surface area contributed by atoms with Crippen molar-refractivity contribution in [3.8, 4) is 0 Å². The van der Waals surface area contributed by atoms with Crippen LogP contribution in [0.15, 0.2) is 24.3 Å². The summed E-state index contributed by atoms with van der Waals surface area (Å²) in [5.74, 6) is -0.202. The molecule has 0 amide bonds. The predicted octanol–water partition coefficient (Wildman–Crippen LogP) is 3.11. The molecule has 0 radical (unpaired) electrons. The zero-order chi connectivity index (χ0) is 15.5. The van der Waals surface area contributed by atoms with Crippen molar-refractivity contribution in [2.45, 2.75) is 50.8 Å². The maximum absolute atomic E-state index is 13.6. The van der Waals surface area contributed by atoms with Crippen LogP contribution in [0.5, 0.6) is 0 Å². The molecule has 0 bridgehead atoms. The lowest BCUT2D eigenvalue weighted by Crippen LogP contribution is -2.52. The van der Waals surface area contributed by atoms with E-state index in [1.807, 2.05) is 6.07 Å². The van der Waals surface area contributed by atoms with Crippen molar-refractivity contribution in [1.82, 2.24) is 4.90 Å². The van der Waals surface area contributed by atoms with E-state index in [-0.39, 0.29) is 23.5 Å². The topological polar surface area (TPSA) is 38.5 Å². The Hall–Kier alpha value is -0.970. The second kappa shape index (κ2) is 6.86. The van der Waals surface area contributed by atoms with Crippen LogP contribution >= 0.6 is 0 Å². The van der Waals surface area contributed by atoms with E-state index in [2.05, 4.69) is 18.7 Å². The average molecular weight is 294 g/mol. The molecule has 2 N–H and O–H groups in total. The van der Waals surface area contributed by atoms with E-state index in [9.17, 15) is 4.39 Å². The van der Waals surface area contributed by atoms with E-state index in [0.717, 1.165) is 37.9 Å². The molecule has 1 aliphatic rings. The van der Waals surface area contributed by atoms with Crippen LogP contribution in [0.4, 0.5) is 4.39 Å². The molecule has 4 heteroatoms. The van der Waals surface area contributed by atoms with Gasteiger partial charge in [-0.05, 0) is 50.4 Å². The van der Waals surface area contributed by atoms with E-state index < -0.39 is 0 Å². The molecule has 0 aliphatic carbocycles. The molecule has 3 unspecified atom stereocenters. The van der Waals surface area contributed by atoms with Gasteiger partial charge in [-0.25, -0.2) is 4.39 Å². The molecular formula is C17H27FN2O. The maximum atomic E-state index is 13.6. The third-order valence-electron chi connectivity index (χ3n) is 4.64. The predicted molar refractivity (Wildman–Crippen MR) is 83.6 cm³/mol. The van der Waals surface area contributed by atoms with Crippen molar-refractivity contribution >= 4 is 0 Å². The number of hydrogen-bond acceptors (Lipinski definition) is 3. The number of likely N-dealkylation sites (tertiary alicyclic amines) is 1. The van der Waals surface area contributed by atoms with Gasteiger partial charge < -0.3 is 10.5 Å².